The molecule has 2 aliphatic carbocycles. The van der Waals surface area contributed by atoms with E-state index in [-0.39, 0.29) is 10.8 Å². The number of para-hydroxylation sites is 3. The summed E-state index contributed by atoms with van der Waals surface area (Å²) in [6.45, 7) is 20.7. The molecule has 11 aromatic carbocycles. The molecule has 1 heterocycles. The van der Waals surface area contributed by atoms with Gasteiger partial charge < -0.3 is 14.7 Å². The van der Waals surface area contributed by atoms with Crippen LogP contribution in [0.4, 0.5) is 51.2 Å². The summed E-state index contributed by atoms with van der Waals surface area (Å²) in [5, 5.41) is 0. The first-order chi connectivity index (χ1) is 39.2. The van der Waals surface area contributed by atoms with Gasteiger partial charge in [-0.2, -0.15) is 0 Å². The van der Waals surface area contributed by atoms with Gasteiger partial charge in [0.1, 0.15) is 0 Å². The number of anilines is 9. The molecule has 0 aromatic heterocycles. The van der Waals surface area contributed by atoms with Crippen molar-refractivity contribution in [2.45, 2.75) is 78.6 Å². The quantitative estimate of drug-likeness (QED) is 0.143. The minimum absolute atomic E-state index is 0.142. The van der Waals surface area contributed by atoms with Gasteiger partial charge >= 0.3 is 0 Å². The highest BCUT2D eigenvalue weighted by Gasteiger charge is 2.47. The van der Waals surface area contributed by atoms with Crippen LogP contribution in [0, 0.1) is 34.6 Å². The van der Waals surface area contributed by atoms with E-state index in [1.807, 2.05) is 0 Å². The van der Waals surface area contributed by atoms with Crippen LogP contribution in [0.25, 0.3) is 22.3 Å². The molecule has 0 spiro atoms. The Labute approximate surface area is 479 Å². The fraction of sp³-hybridized carbons (Fsp3) is 0.154. The molecule has 0 fully saturated rings. The van der Waals surface area contributed by atoms with E-state index in [0.29, 0.717) is 0 Å². The zero-order valence-corrected chi connectivity index (χ0v) is 47.9. The molecule has 0 N–H and O–H groups in total. The summed E-state index contributed by atoms with van der Waals surface area (Å²) in [4.78, 5) is 7.42. The normalized spacial score (nSPS) is 14.5. The van der Waals surface area contributed by atoms with Crippen LogP contribution in [0.5, 0.6) is 0 Å². The molecule has 0 unspecified atom stereocenters. The lowest BCUT2D eigenvalue weighted by Crippen LogP contribution is -2.37. The maximum absolute atomic E-state index is 2.50. The van der Waals surface area contributed by atoms with Crippen LogP contribution in [0.2, 0.25) is 0 Å². The van der Waals surface area contributed by atoms with Crippen molar-refractivity contribution in [2.75, 3.05) is 14.7 Å². The monoisotopic (exact) mass is 1050 g/mol. The lowest BCUT2D eigenvalue weighted by molar-refractivity contribution is 0.660. The van der Waals surface area contributed by atoms with Crippen molar-refractivity contribution in [3.63, 3.8) is 0 Å². The molecule has 11 aromatic rings. The number of nitrogens with zero attached hydrogens (tertiary/aromatic N) is 3. The number of hydrogen-bond donors (Lipinski definition) is 0. The van der Waals surface area contributed by atoms with E-state index in [4.69, 9.17) is 0 Å². The number of aryl methyl sites for hydroxylation is 4. The summed E-state index contributed by atoms with van der Waals surface area (Å²) in [5.74, 6) is 0. The van der Waals surface area contributed by atoms with Crippen molar-refractivity contribution in [1.29, 1.82) is 0 Å². The molecular formula is C78H67N3. The van der Waals surface area contributed by atoms with Crippen molar-refractivity contribution < 1.29 is 0 Å². The fourth-order valence-electron chi connectivity index (χ4n) is 14.5. The molecule has 81 heavy (non-hydrogen) atoms. The molecule has 14 rings (SSSR count). The maximum Gasteiger partial charge on any atom is 0.0742 e. The number of fused-ring (bicyclic) bond motifs is 8. The van der Waals surface area contributed by atoms with E-state index in [2.05, 4.69) is 320 Å². The van der Waals surface area contributed by atoms with Crippen LogP contribution in [-0.4, -0.2) is 0 Å². The third-order valence-electron chi connectivity index (χ3n) is 18.4. The summed E-state index contributed by atoms with van der Waals surface area (Å²) < 4.78 is 0. The lowest BCUT2D eigenvalue weighted by Gasteiger charge is -2.46. The van der Waals surface area contributed by atoms with Crippen LogP contribution >= 0.6 is 0 Å². The van der Waals surface area contributed by atoms with Gasteiger partial charge in [-0.3, -0.25) is 0 Å². The van der Waals surface area contributed by atoms with Gasteiger partial charge in [-0.05, 0) is 220 Å². The third-order valence-corrected chi connectivity index (χ3v) is 18.4. The zero-order chi connectivity index (χ0) is 55.5. The largest absolute Gasteiger partial charge is 0.310 e. The van der Waals surface area contributed by atoms with Gasteiger partial charge in [0, 0.05) is 50.6 Å². The maximum atomic E-state index is 2.50. The van der Waals surface area contributed by atoms with E-state index >= 15 is 0 Å². The number of benzene rings is 11. The smallest absolute Gasteiger partial charge is 0.0742 e. The molecule has 0 saturated heterocycles. The number of rotatable bonds is 9. The minimum Gasteiger partial charge on any atom is -0.310 e. The molecule has 0 bridgehead atoms. The first-order valence-electron chi connectivity index (χ1n) is 28.7. The van der Waals surface area contributed by atoms with Gasteiger partial charge in [0.05, 0.1) is 16.8 Å². The van der Waals surface area contributed by atoms with Crippen molar-refractivity contribution in [3.05, 3.63) is 315 Å². The Balaban J connectivity index is 0.968. The molecule has 0 amide bonds. The van der Waals surface area contributed by atoms with Crippen LogP contribution in [0.15, 0.2) is 243 Å². The van der Waals surface area contributed by atoms with Crippen molar-refractivity contribution in [1.82, 2.24) is 0 Å². The highest BCUT2D eigenvalue weighted by atomic mass is 15.2. The van der Waals surface area contributed by atoms with Crippen molar-refractivity contribution >= 4 is 51.2 Å². The molecule has 0 saturated carbocycles. The molecule has 394 valence electrons. The van der Waals surface area contributed by atoms with Crippen LogP contribution in [0.1, 0.15) is 100 Å². The first-order valence-corrected chi connectivity index (χ1v) is 28.7. The SMILES string of the molecule is Cc1cc(C)cc(N(c2ccc(C3(c4ccc(N(c5ccc6c(c5)C(C)(C)c5ccccc5-6)c5cc(C)cc(C)c5C)cc4)c4ccccc4N(c4ccccc4)c4ccccc43)cc2)c2ccc3c(c2)C(C)(C)c2ccccc2-3)c1. The standard InChI is InChI=1S/C78H67N3/c1-50-43-51(2)46-62(45-50)79(60-39-41-65-63-23-13-15-25-67(63)76(6,7)71(65)48-60)58-35-31-55(32-36-58)78(69-27-17-19-29-73(69)81(57-21-11-10-12-22-57)74-30-20-18-28-70(74)78)56-33-37-59(38-34-56)80(75-47-52(3)44-53(4)54(75)5)61-40-42-66-64-24-14-16-26-68(64)77(8,9)72(66)49-61/h10-49H,1-9H3. The summed E-state index contributed by atoms with van der Waals surface area (Å²) in [6, 6.07) is 91.9. The van der Waals surface area contributed by atoms with Gasteiger partial charge in [0.2, 0.25) is 0 Å². The van der Waals surface area contributed by atoms with Gasteiger partial charge in [-0.1, -0.05) is 179 Å². The summed E-state index contributed by atoms with van der Waals surface area (Å²) in [6.07, 6.45) is 0. The fourth-order valence-corrected chi connectivity index (χ4v) is 14.5. The van der Waals surface area contributed by atoms with Crippen LogP contribution in [0.3, 0.4) is 0 Å². The van der Waals surface area contributed by atoms with Gasteiger partial charge in [0.25, 0.3) is 0 Å². The second-order valence-corrected chi connectivity index (χ2v) is 24.1. The highest BCUT2D eigenvalue weighted by molar-refractivity contribution is 5.92. The van der Waals surface area contributed by atoms with Gasteiger partial charge in [-0.25, -0.2) is 0 Å². The van der Waals surface area contributed by atoms with E-state index < -0.39 is 5.41 Å². The Morgan fingerprint density at radius 2 is 0.716 bits per heavy atom. The molecule has 0 atom stereocenters. The Kier molecular flexibility index (Phi) is 11.6. The third kappa shape index (κ3) is 7.69. The summed E-state index contributed by atoms with van der Waals surface area (Å²) in [7, 11) is 0. The highest BCUT2D eigenvalue weighted by Crippen LogP contribution is 2.59. The minimum atomic E-state index is -0.728. The Morgan fingerprint density at radius 1 is 0.309 bits per heavy atom. The average molecular weight is 1050 g/mol. The lowest BCUT2D eigenvalue weighted by atomic mass is 9.62. The van der Waals surface area contributed by atoms with E-state index in [1.54, 1.807) is 0 Å². The molecule has 0 radical (unpaired) electrons. The average Bonchev–Trinajstić information content (AvgIpc) is 2.85. The topological polar surface area (TPSA) is 9.72 Å². The van der Waals surface area contributed by atoms with E-state index in [0.717, 1.165) is 45.5 Å². The van der Waals surface area contributed by atoms with E-state index in [9.17, 15) is 0 Å². The first kappa shape index (κ1) is 50.1. The van der Waals surface area contributed by atoms with Crippen molar-refractivity contribution in [2.24, 2.45) is 0 Å². The Hall–Kier alpha value is -9.18. The zero-order valence-electron chi connectivity index (χ0n) is 47.9. The Morgan fingerprint density at radius 3 is 1.23 bits per heavy atom. The Bertz CT molecular complexity index is 4230. The van der Waals surface area contributed by atoms with Gasteiger partial charge in [-0.15, -0.1) is 0 Å². The molecule has 3 heteroatoms. The van der Waals surface area contributed by atoms with Crippen LogP contribution in [-0.2, 0) is 16.2 Å². The number of hydrogen-bond acceptors (Lipinski definition) is 3. The molecule has 1 aliphatic heterocycles. The molecule has 3 nitrogen and oxygen atoms in total. The second kappa shape index (κ2) is 18.7. The predicted molar refractivity (Wildman–Crippen MR) is 341 cm³/mol. The summed E-state index contributed by atoms with van der Waals surface area (Å²) >= 11 is 0. The second-order valence-electron chi connectivity index (χ2n) is 24.1. The van der Waals surface area contributed by atoms with Crippen LogP contribution < -0.4 is 14.7 Å². The summed E-state index contributed by atoms with van der Waals surface area (Å²) in [5.41, 5.74) is 31.1. The van der Waals surface area contributed by atoms with E-state index in [1.165, 1.54) is 100 Å². The molecular weight excluding hydrogens is 979 g/mol. The van der Waals surface area contributed by atoms with Gasteiger partial charge in [0.15, 0.2) is 0 Å². The predicted octanol–water partition coefficient (Wildman–Crippen LogP) is 20.9. The van der Waals surface area contributed by atoms with Crippen molar-refractivity contribution in [3.8, 4) is 22.3 Å². The molecule has 3 aliphatic rings.